The summed E-state index contributed by atoms with van der Waals surface area (Å²) in [5.41, 5.74) is 5.20. The van der Waals surface area contributed by atoms with Crippen LogP contribution in [0.5, 0.6) is 5.75 Å². The standard InChI is InChI=1S/C27H22O.C2H6/c1-19-12-14-23(15-13-19)27(22-9-4-3-5-10-22)17-16-25-24-11-7-6-8-21(24)18-20(2)26(25)28-27;1-2/h3-18H,1-2H3;1-2H3. The largest absolute Gasteiger partial charge is 0.473 e. The molecule has 1 heteroatoms. The molecule has 1 nitrogen and oxygen atoms in total. The number of ether oxygens (including phenoxy) is 1. The Morgan fingerprint density at radius 2 is 1.33 bits per heavy atom. The summed E-state index contributed by atoms with van der Waals surface area (Å²) in [7, 11) is 0. The summed E-state index contributed by atoms with van der Waals surface area (Å²) in [6, 6.07) is 29.9. The molecule has 4 aromatic rings. The monoisotopic (exact) mass is 392 g/mol. The maximum Gasteiger partial charge on any atom is 0.178 e. The van der Waals surface area contributed by atoms with Crippen molar-refractivity contribution in [2.45, 2.75) is 33.3 Å². The van der Waals surface area contributed by atoms with Crippen LogP contribution in [0.15, 0.2) is 91.0 Å². The second-order valence-electron chi connectivity index (χ2n) is 7.56. The predicted molar refractivity (Wildman–Crippen MR) is 128 cm³/mol. The average Bonchev–Trinajstić information content (AvgIpc) is 2.81. The molecule has 1 aliphatic heterocycles. The molecular weight excluding hydrogens is 364 g/mol. The zero-order valence-corrected chi connectivity index (χ0v) is 18.1. The van der Waals surface area contributed by atoms with E-state index in [1.54, 1.807) is 0 Å². The molecule has 0 aliphatic carbocycles. The van der Waals surface area contributed by atoms with E-state index < -0.39 is 5.60 Å². The number of hydrogen-bond acceptors (Lipinski definition) is 1. The van der Waals surface area contributed by atoms with E-state index in [2.05, 4.69) is 105 Å². The highest BCUT2D eigenvalue weighted by molar-refractivity contribution is 5.95. The summed E-state index contributed by atoms with van der Waals surface area (Å²) in [6.07, 6.45) is 4.45. The van der Waals surface area contributed by atoms with Gasteiger partial charge in [0.05, 0.1) is 0 Å². The van der Waals surface area contributed by atoms with Gasteiger partial charge in [0.25, 0.3) is 0 Å². The Labute approximate surface area is 179 Å². The maximum absolute atomic E-state index is 6.88. The minimum atomic E-state index is -0.630. The zero-order chi connectivity index (χ0) is 21.1. The van der Waals surface area contributed by atoms with Crippen LogP contribution < -0.4 is 4.74 Å². The molecular formula is C29H28O. The van der Waals surface area contributed by atoms with Crippen LogP contribution in [0.25, 0.3) is 16.8 Å². The number of hydrogen-bond donors (Lipinski definition) is 0. The van der Waals surface area contributed by atoms with Crippen molar-refractivity contribution < 1.29 is 4.74 Å². The van der Waals surface area contributed by atoms with Gasteiger partial charge >= 0.3 is 0 Å². The van der Waals surface area contributed by atoms with E-state index in [0.717, 1.165) is 28.0 Å². The van der Waals surface area contributed by atoms with Crippen molar-refractivity contribution in [1.82, 2.24) is 0 Å². The molecule has 0 fully saturated rings. The van der Waals surface area contributed by atoms with Crippen molar-refractivity contribution in [2.75, 3.05) is 0 Å². The molecule has 150 valence electrons. The highest BCUT2D eigenvalue weighted by Gasteiger charge is 2.37. The van der Waals surface area contributed by atoms with Gasteiger partial charge in [-0.15, -0.1) is 0 Å². The second kappa shape index (κ2) is 8.20. The Balaban J connectivity index is 0.00000106. The van der Waals surface area contributed by atoms with Crippen LogP contribution >= 0.6 is 0 Å². The van der Waals surface area contributed by atoms with Crippen LogP contribution in [-0.4, -0.2) is 0 Å². The van der Waals surface area contributed by atoms with Gasteiger partial charge in [-0.1, -0.05) is 98.3 Å². The van der Waals surface area contributed by atoms with Gasteiger partial charge in [-0.05, 0) is 48.4 Å². The van der Waals surface area contributed by atoms with Gasteiger partial charge in [0.1, 0.15) is 5.75 Å². The molecule has 0 amide bonds. The average molecular weight is 393 g/mol. The second-order valence-corrected chi connectivity index (χ2v) is 7.56. The van der Waals surface area contributed by atoms with Crippen LogP contribution in [-0.2, 0) is 5.60 Å². The van der Waals surface area contributed by atoms with Crippen LogP contribution in [0.4, 0.5) is 0 Å². The SMILES string of the molecule is CC.Cc1ccc(C2(c3ccccc3)C=Cc3c(c(C)cc4ccccc34)O2)cc1. The van der Waals surface area contributed by atoms with Crippen molar-refractivity contribution >= 4 is 16.8 Å². The van der Waals surface area contributed by atoms with E-state index in [0.29, 0.717) is 0 Å². The van der Waals surface area contributed by atoms with Crippen molar-refractivity contribution in [1.29, 1.82) is 0 Å². The maximum atomic E-state index is 6.88. The zero-order valence-electron chi connectivity index (χ0n) is 18.1. The van der Waals surface area contributed by atoms with E-state index in [1.807, 2.05) is 19.9 Å². The van der Waals surface area contributed by atoms with Crippen LogP contribution in [0.3, 0.4) is 0 Å². The molecule has 4 aromatic carbocycles. The first-order chi connectivity index (χ1) is 14.7. The lowest BCUT2D eigenvalue weighted by Crippen LogP contribution is -2.34. The fourth-order valence-corrected chi connectivity index (χ4v) is 4.16. The van der Waals surface area contributed by atoms with E-state index in [4.69, 9.17) is 4.74 Å². The third-order valence-electron chi connectivity index (χ3n) is 5.66. The molecule has 1 unspecified atom stereocenters. The first-order valence-corrected chi connectivity index (χ1v) is 10.7. The lowest BCUT2D eigenvalue weighted by Gasteiger charge is -2.37. The third-order valence-corrected chi connectivity index (χ3v) is 5.66. The van der Waals surface area contributed by atoms with Crippen molar-refractivity contribution in [3.8, 4) is 5.75 Å². The van der Waals surface area contributed by atoms with Gasteiger partial charge in [-0.25, -0.2) is 0 Å². The van der Waals surface area contributed by atoms with Crippen molar-refractivity contribution in [3.05, 3.63) is 119 Å². The van der Waals surface area contributed by atoms with Crippen molar-refractivity contribution in [3.63, 3.8) is 0 Å². The van der Waals surface area contributed by atoms with E-state index in [-0.39, 0.29) is 0 Å². The summed E-state index contributed by atoms with van der Waals surface area (Å²) in [4.78, 5) is 0. The summed E-state index contributed by atoms with van der Waals surface area (Å²) < 4.78 is 6.88. The lowest BCUT2D eigenvalue weighted by molar-refractivity contribution is 0.160. The molecule has 1 heterocycles. The van der Waals surface area contributed by atoms with Gasteiger partial charge in [0.15, 0.2) is 5.60 Å². The summed E-state index contributed by atoms with van der Waals surface area (Å²) >= 11 is 0. The molecule has 0 saturated carbocycles. The van der Waals surface area contributed by atoms with Gasteiger partial charge in [0.2, 0.25) is 0 Å². The van der Waals surface area contributed by atoms with Gasteiger partial charge in [0, 0.05) is 16.7 Å². The van der Waals surface area contributed by atoms with Crippen LogP contribution in [0.2, 0.25) is 0 Å². The highest BCUT2D eigenvalue weighted by Crippen LogP contribution is 2.45. The minimum Gasteiger partial charge on any atom is -0.473 e. The quantitative estimate of drug-likeness (QED) is 0.338. The van der Waals surface area contributed by atoms with Crippen molar-refractivity contribution in [2.24, 2.45) is 0 Å². The molecule has 0 bridgehead atoms. The molecule has 0 N–H and O–H groups in total. The number of aryl methyl sites for hydroxylation is 2. The summed E-state index contributed by atoms with van der Waals surface area (Å²) in [5.74, 6) is 0.964. The Kier molecular flexibility index (Phi) is 5.46. The van der Waals surface area contributed by atoms with Crippen LogP contribution in [0.1, 0.15) is 41.7 Å². The fraction of sp³-hybridized carbons (Fsp3) is 0.172. The molecule has 30 heavy (non-hydrogen) atoms. The van der Waals surface area contributed by atoms with E-state index in [1.165, 1.54) is 16.3 Å². The summed E-state index contributed by atoms with van der Waals surface area (Å²) in [6.45, 7) is 8.25. The van der Waals surface area contributed by atoms with E-state index in [9.17, 15) is 0 Å². The molecule has 1 aliphatic rings. The molecule has 1 atom stereocenters. The number of benzene rings is 4. The number of fused-ring (bicyclic) bond motifs is 3. The van der Waals surface area contributed by atoms with E-state index >= 15 is 0 Å². The molecule has 0 radical (unpaired) electrons. The molecule has 0 aromatic heterocycles. The first-order valence-electron chi connectivity index (χ1n) is 10.7. The molecule has 5 rings (SSSR count). The smallest absolute Gasteiger partial charge is 0.178 e. The lowest BCUT2D eigenvalue weighted by atomic mass is 9.82. The van der Waals surface area contributed by atoms with Gasteiger partial charge < -0.3 is 4.74 Å². The minimum absolute atomic E-state index is 0.630. The summed E-state index contributed by atoms with van der Waals surface area (Å²) in [5, 5.41) is 2.47. The normalized spacial score (nSPS) is 16.9. The van der Waals surface area contributed by atoms with Gasteiger partial charge in [-0.2, -0.15) is 0 Å². The highest BCUT2D eigenvalue weighted by atomic mass is 16.5. The fourth-order valence-electron chi connectivity index (χ4n) is 4.16. The predicted octanol–water partition coefficient (Wildman–Crippen LogP) is 7.83. The Hall–Kier alpha value is -3.32. The Morgan fingerprint density at radius 1 is 0.700 bits per heavy atom. The first kappa shape index (κ1) is 20.0. The van der Waals surface area contributed by atoms with Gasteiger partial charge in [-0.3, -0.25) is 0 Å². The Bertz CT molecular complexity index is 1190. The molecule has 0 saturated heterocycles. The Morgan fingerprint density at radius 3 is 2.07 bits per heavy atom. The van der Waals surface area contributed by atoms with Crippen LogP contribution in [0, 0.1) is 13.8 Å². The topological polar surface area (TPSA) is 9.23 Å². The third kappa shape index (κ3) is 3.31. The molecule has 0 spiro atoms. The number of rotatable bonds is 2.